The van der Waals surface area contributed by atoms with Gasteiger partial charge in [0.2, 0.25) is 0 Å². The molecule has 1 fully saturated rings. The molecule has 19 heavy (non-hydrogen) atoms. The van der Waals surface area contributed by atoms with Crippen LogP contribution in [0.5, 0.6) is 0 Å². The van der Waals surface area contributed by atoms with Crippen molar-refractivity contribution in [1.82, 2.24) is 4.90 Å². The van der Waals surface area contributed by atoms with E-state index in [2.05, 4.69) is 16.7 Å². The molecule has 1 atom stereocenters. The summed E-state index contributed by atoms with van der Waals surface area (Å²) in [7, 11) is 0. The zero-order chi connectivity index (χ0) is 13.5. The zero-order valence-corrected chi connectivity index (χ0v) is 10.9. The summed E-state index contributed by atoms with van der Waals surface area (Å²) < 4.78 is 5.42. The smallest absolute Gasteiger partial charge is 0.104 e. The number of rotatable bonds is 3. The number of ether oxygens (including phenoxy) is 1. The average Bonchev–Trinajstić information content (AvgIpc) is 2.47. The molecule has 0 amide bonds. The fraction of sp³-hybridized carbons (Fsp3) is 0.467. The SMILES string of the molecule is OCC#Cc1ccc(CN2CCOC(CO)C2)cc1. The van der Waals surface area contributed by atoms with E-state index in [0.717, 1.165) is 25.2 Å². The summed E-state index contributed by atoms with van der Waals surface area (Å²) in [4.78, 5) is 2.28. The third-order valence-corrected chi connectivity index (χ3v) is 3.10. The van der Waals surface area contributed by atoms with Gasteiger partial charge in [-0.05, 0) is 17.7 Å². The Morgan fingerprint density at radius 3 is 2.74 bits per heavy atom. The molecule has 2 N–H and O–H groups in total. The topological polar surface area (TPSA) is 52.9 Å². The van der Waals surface area contributed by atoms with Crippen LogP contribution in [0.15, 0.2) is 24.3 Å². The van der Waals surface area contributed by atoms with Gasteiger partial charge in [-0.25, -0.2) is 0 Å². The van der Waals surface area contributed by atoms with E-state index in [1.54, 1.807) is 0 Å². The lowest BCUT2D eigenvalue weighted by atomic mass is 10.1. The third-order valence-electron chi connectivity index (χ3n) is 3.10. The zero-order valence-electron chi connectivity index (χ0n) is 10.9. The number of hydrogen-bond donors (Lipinski definition) is 2. The molecule has 4 heteroatoms. The minimum absolute atomic E-state index is 0.0663. The third kappa shape index (κ3) is 4.34. The van der Waals surface area contributed by atoms with E-state index in [0.29, 0.717) is 6.61 Å². The minimum atomic E-state index is -0.113. The van der Waals surface area contributed by atoms with Gasteiger partial charge in [0.15, 0.2) is 0 Å². The average molecular weight is 261 g/mol. The second-order valence-corrected chi connectivity index (χ2v) is 4.57. The summed E-state index contributed by atoms with van der Waals surface area (Å²) in [5.74, 6) is 5.50. The van der Waals surface area contributed by atoms with E-state index in [1.165, 1.54) is 5.56 Å². The van der Waals surface area contributed by atoms with Gasteiger partial charge < -0.3 is 14.9 Å². The van der Waals surface area contributed by atoms with Crippen molar-refractivity contribution in [2.75, 3.05) is 32.9 Å². The number of morpholine rings is 1. The van der Waals surface area contributed by atoms with E-state index in [9.17, 15) is 0 Å². The molecule has 4 nitrogen and oxygen atoms in total. The van der Waals surface area contributed by atoms with Crippen LogP contribution in [0, 0.1) is 11.8 Å². The molecule has 1 aromatic carbocycles. The first-order valence-corrected chi connectivity index (χ1v) is 6.45. The number of hydrogen-bond acceptors (Lipinski definition) is 4. The molecule has 2 rings (SSSR count). The Kier molecular flexibility index (Phi) is 5.37. The highest BCUT2D eigenvalue weighted by Gasteiger charge is 2.19. The number of aliphatic hydroxyl groups is 2. The molecular weight excluding hydrogens is 242 g/mol. The Hall–Kier alpha value is -1.38. The molecule has 0 bridgehead atoms. The molecule has 1 aliphatic heterocycles. The maximum absolute atomic E-state index is 9.11. The molecule has 0 spiro atoms. The van der Waals surface area contributed by atoms with Crippen molar-refractivity contribution in [3.8, 4) is 11.8 Å². The first-order chi connectivity index (χ1) is 9.31. The summed E-state index contributed by atoms with van der Waals surface area (Å²) in [6.07, 6.45) is -0.0663. The van der Waals surface area contributed by atoms with E-state index >= 15 is 0 Å². The summed E-state index contributed by atoms with van der Waals surface area (Å²) in [6.45, 7) is 3.15. The van der Waals surface area contributed by atoms with Gasteiger partial charge >= 0.3 is 0 Å². The van der Waals surface area contributed by atoms with Crippen LogP contribution in [-0.4, -0.2) is 54.1 Å². The maximum Gasteiger partial charge on any atom is 0.104 e. The molecule has 1 saturated heterocycles. The molecule has 1 unspecified atom stereocenters. The quantitative estimate of drug-likeness (QED) is 0.765. The molecule has 1 aromatic rings. The van der Waals surface area contributed by atoms with Gasteiger partial charge in [-0.2, -0.15) is 0 Å². The van der Waals surface area contributed by atoms with Gasteiger partial charge in [-0.1, -0.05) is 24.0 Å². The second kappa shape index (κ2) is 7.27. The van der Waals surface area contributed by atoms with Crippen LogP contribution in [0.1, 0.15) is 11.1 Å². The normalized spacial score (nSPS) is 19.8. The Morgan fingerprint density at radius 2 is 2.05 bits per heavy atom. The second-order valence-electron chi connectivity index (χ2n) is 4.57. The molecule has 1 aliphatic rings. The Morgan fingerprint density at radius 1 is 1.26 bits per heavy atom. The first-order valence-electron chi connectivity index (χ1n) is 6.45. The van der Waals surface area contributed by atoms with Gasteiger partial charge in [-0.3, -0.25) is 4.90 Å². The van der Waals surface area contributed by atoms with Crippen molar-refractivity contribution in [2.24, 2.45) is 0 Å². The van der Waals surface area contributed by atoms with Crippen molar-refractivity contribution in [1.29, 1.82) is 0 Å². The fourth-order valence-electron chi connectivity index (χ4n) is 2.13. The predicted octanol–water partition coefficient (Wildman–Crippen LogP) is 0.223. The Bertz CT molecular complexity index is 447. The van der Waals surface area contributed by atoms with E-state index in [4.69, 9.17) is 14.9 Å². The van der Waals surface area contributed by atoms with Crippen molar-refractivity contribution >= 4 is 0 Å². The maximum atomic E-state index is 9.11. The van der Waals surface area contributed by atoms with Crippen LogP contribution in [0.25, 0.3) is 0 Å². The van der Waals surface area contributed by atoms with Crippen LogP contribution < -0.4 is 0 Å². The Balaban J connectivity index is 1.92. The molecule has 0 aromatic heterocycles. The number of nitrogens with zero attached hydrogens (tertiary/aromatic N) is 1. The van der Waals surface area contributed by atoms with E-state index < -0.39 is 0 Å². The van der Waals surface area contributed by atoms with Gasteiger partial charge in [-0.15, -0.1) is 0 Å². The van der Waals surface area contributed by atoms with Gasteiger partial charge in [0.1, 0.15) is 6.61 Å². The summed E-state index contributed by atoms with van der Waals surface area (Å²) in [6, 6.07) is 8.01. The van der Waals surface area contributed by atoms with Crippen LogP contribution in [0.4, 0.5) is 0 Å². The van der Waals surface area contributed by atoms with Gasteiger partial charge in [0, 0.05) is 25.2 Å². The monoisotopic (exact) mass is 261 g/mol. The van der Waals surface area contributed by atoms with Crippen molar-refractivity contribution in [3.05, 3.63) is 35.4 Å². The van der Waals surface area contributed by atoms with Crippen molar-refractivity contribution in [2.45, 2.75) is 12.6 Å². The minimum Gasteiger partial charge on any atom is -0.394 e. The standard InChI is InChI=1S/C15H19NO3/c17-8-1-2-13-3-5-14(6-4-13)10-16-7-9-19-15(11-16)12-18/h3-6,15,17-18H,7-12H2. The summed E-state index contributed by atoms with van der Waals surface area (Å²) in [5.41, 5.74) is 2.13. The van der Waals surface area contributed by atoms with Crippen LogP contribution in [-0.2, 0) is 11.3 Å². The fourth-order valence-corrected chi connectivity index (χ4v) is 2.13. The summed E-state index contributed by atoms with van der Waals surface area (Å²) in [5, 5.41) is 17.7. The lowest BCUT2D eigenvalue weighted by Crippen LogP contribution is -2.43. The van der Waals surface area contributed by atoms with E-state index in [-0.39, 0.29) is 19.3 Å². The van der Waals surface area contributed by atoms with Crippen LogP contribution in [0.3, 0.4) is 0 Å². The highest BCUT2D eigenvalue weighted by molar-refractivity contribution is 5.36. The van der Waals surface area contributed by atoms with Crippen molar-refractivity contribution in [3.63, 3.8) is 0 Å². The highest BCUT2D eigenvalue weighted by atomic mass is 16.5. The van der Waals surface area contributed by atoms with Crippen molar-refractivity contribution < 1.29 is 14.9 Å². The molecule has 0 aliphatic carbocycles. The lowest BCUT2D eigenvalue weighted by Gasteiger charge is -2.31. The number of benzene rings is 1. The first kappa shape index (κ1) is 14.0. The van der Waals surface area contributed by atoms with Gasteiger partial charge in [0.25, 0.3) is 0 Å². The Labute approximate surface area is 113 Å². The molecule has 102 valence electrons. The molecular formula is C15H19NO3. The molecule has 0 radical (unpaired) electrons. The predicted molar refractivity (Wildman–Crippen MR) is 72.5 cm³/mol. The van der Waals surface area contributed by atoms with Gasteiger partial charge in [0.05, 0.1) is 19.3 Å². The van der Waals surface area contributed by atoms with Crippen LogP contribution in [0.2, 0.25) is 0 Å². The largest absolute Gasteiger partial charge is 0.394 e. The van der Waals surface area contributed by atoms with E-state index in [1.807, 2.05) is 24.3 Å². The number of aliphatic hydroxyl groups excluding tert-OH is 2. The highest BCUT2D eigenvalue weighted by Crippen LogP contribution is 2.11. The lowest BCUT2D eigenvalue weighted by molar-refractivity contribution is -0.0551. The molecule has 0 saturated carbocycles. The molecule has 1 heterocycles. The summed E-state index contributed by atoms with van der Waals surface area (Å²) >= 11 is 0. The van der Waals surface area contributed by atoms with Crippen LogP contribution >= 0.6 is 0 Å².